The molecular weight excluding hydrogens is 270 g/mol. The van der Waals surface area contributed by atoms with E-state index in [-0.39, 0.29) is 18.4 Å². The maximum absolute atomic E-state index is 5.95. The normalized spacial score (nSPS) is 11.6. The molecule has 0 saturated carbocycles. The van der Waals surface area contributed by atoms with Crippen molar-refractivity contribution in [1.29, 1.82) is 0 Å². The van der Waals surface area contributed by atoms with Gasteiger partial charge in [0.05, 0.1) is 0 Å². The first kappa shape index (κ1) is 16.5. The molecule has 0 heterocycles. The predicted molar refractivity (Wildman–Crippen MR) is 86.5 cm³/mol. The zero-order valence-corrected chi connectivity index (χ0v) is 13.0. The molecule has 2 aromatic carbocycles. The minimum Gasteiger partial charge on any atom is -0.488 e. The Hall–Kier alpha value is -1.51. The number of ether oxygens (including phenoxy) is 1. The van der Waals surface area contributed by atoms with Crippen LogP contribution in [0.3, 0.4) is 0 Å². The van der Waals surface area contributed by atoms with E-state index in [2.05, 4.69) is 38.1 Å². The maximum atomic E-state index is 5.95. The Morgan fingerprint density at radius 2 is 1.60 bits per heavy atom. The van der Waals surface area contributed by atoms with Crippen molar-refractivity contribution in [3.05, 3.63) is 64.7 Å². The van der Waals surface area contributed by atoms with Crippen LogP contribution < -0.4 is 10.5 Å². The summed E-state index contributed by atoms with van der Waals surface area (Å²) in [6, 6.07) is 14.5. The fraction of sp³-hybridized carbons (Fsp3) is 0.294. The summed E-state index contributed by atoms with van der Waals surface area (Å²) in [4.78, 5) is 0. The molecule has 2 rings (SSSR count). The van der Waals surface area contributed by atoms with Crippen molar-refractivity contribution in [1.82, 2.24) is 0 Å². The summed E-state index contributed by atoms with van der Waals surface area (Å²) in [7, 11) is 0. The molecule has 0 fully saturated rings. The molecule has 20 heavy (non-hydrogen) atoms. The first-order valence-corrected chi connectivity index (χ1v) is 6.61. The van der Waals surface area contributed by atoms with Gasteiger partial charge in [0.1, 0.15) is 12.4 Å². The van der Waals surface area contributed by atoms with Crippen molar-refractivity contribution in [3.8, 4) is 5.75 Å². The summed E-state index contributed by atoms with van der Waals surface area (Å²) >= 11 is 0. The molecule has 0 amide bonds. The zero-order valence-electron chi connectivity index (χ0n) is 12.2. The van der Waals surface area contributed by atoms with Crippen LogP contribution in [0.2, 0.25) is 0 Å². The van der Waals surface area contributed by atoms with Crippen molar-refractivity contribution in [3.63, 3.8) is 0 Å². The van der Waals surface area contributed by atoms with Crippen LogP contribution in [-0.4, -0.2) is 0 Å². The number of hydrogen-bond donors (Lipinski definition) is 1. The quantitative estimate of drug-likeness (QED) is 0.910. The highest BCUT2D eigenvalue weighted by molar-refractivity contribution is 5.85. The maximum Gasteiger partial charge on any atom is 0.125 e. The van der Waals surface area contributed by atoms with Crippen molar-refractivity contribution >= 4 is 12.4 Å². The number of nitrogens with two attached hydrogens (primary N) is 1. The molecule has 0 aliphatic carbocycles. The van der Waals surface area contributed by atoms with Gasteiger partial charge >= 0.3 is 0 Å². The second kappa shape index (κ2) is 7.32. The van der Waals surface area contributed by atoms with Gasteiger partial charge in [-0.1, -0.05) is 42.5 Å². The van der Waals surface area contributed by atoms with Crippen molar-refractivity contribution in [2.45, 2.75) is 33.4 Å². The molecule has 0 aliphatic heterocycles. The lowest BCUT2D eigenvalue weighted by Gasteiger charge is -2.15. The van der Waals surface area contributed by atoms with E-state index in [1.54, 1.807) is 0 Å². The Labute approximate surface area is 127 Å². The molecular formula is C17H22ClNO. The van der Waals surface area contributed by atoms with Gasteiger partial charge in [0, 0.05) is 6.04 Å². The summed E-state index contributed by atoms with van der Waals surface area (Å²) < 4.78 is 5.95. The van der Waals surface area contributed by atoms with Gasteiger partial charge in [-0.05, 0) is 43.0 Å². The topological polar surface area (TPSA) is 35.2 Å². The Bertz CT molecular complexity index is 529. The summed E-state index contributed by atoms with van der Waals surface area (Å²) in [5.74, 6) is 0.966. The first-order chi connectivity index (χ1) is 9.08. The van der Waals surface area contributed by atoms with Crippen LogP contribution in [0.15, 0.2) is 42.5 Å². The number of benzene rings is 2. The van der Waals surface area contributed by atoms with Gasteiger partial charge in [-0.2, -0.15) is 0 Å². The number of halogens is 1. The second-order valence-corrected chi connectivity index (χ2v) is 5.05. The van der Waals surface area contributed by atoms with Gasteiger partial charge in [-0.3, -0.25) is 0 Å². The molecule has 2 N–H and O–H groups in total. The molecule has 0 spiro atoms. The third-order valence-electron chi connectivity index (χ3n) is 3.23. The van der Waals surface area contributed by atoms with E-state index in [0.29, 0.717) is 6.61 Å². The SMILES string of the molecule is Cc1cc([C@@H](C)N)cc(C)c1OCc1ccccc1.Cl. The molecule has 2 aromatic rings. The molecule has 3 heteroatoms. The molecule has 0 aliphatic rings. The van der Waals surface area contributed by atoms with E-state index < -0.39 is 0 Å². The zero-order chi connectivity index (χ0) is 13.8. The van der Waals surface area contributed by atoms with Crippen molar-refractivity contribution in [2.24, 2.45) is 5.73 Å². The van der Waals surface area contributed by atoms with E-state index in [1.807, 2.05) is 25.1 Å². The van der Waals surface area contributed by atoms with Crippen LogP contribution in [0.25, 0.3) is 0 Å². The number of rotatable bonds is 4. The molecule has 1 atom stereocenters. The van der Waals surface area contributed by atoms with Gasteiger partial charge in [-0.15, -0.1) is 12.4 Å². The van der Waals surface area contributed by atoms with Crippen molar-refractivity contribution < 1.29 is 4.74 Å². The first-order valence-electron chi connectivity index (χ1n) is 6.61. The Balaban J connectivity index is 0.00000200. The molecule has 0 saturated heterocycles. The minimum absolute atomic E-state index is 0. The van der Waals surface area contributed by atoms with Gasteiger partial charge in [-0.25, -0.2) is 0 Å². The number of aryl methyl sites for hydroxylation is 2. The van der Waals surface area contributed by atoms with E-state index in [0.717, 1.165) is 22.4 Å². The summed E-state index contributed by atoms with van der Waals surface area (Å²) in [5, 5.41) is 0. The summed E-state index contributed by atoms with van der Waals surface area (Å²) in [6.07, 6.45) is 0. The Morgan fingerprint density at radius 3 is 2.10 bits per heavy atom. The van der Waals surface area contributed by atoms with Gasteiger partial charge in [0.2, 0.25) is 0 Å². The smallest absolute Gasteiger partial charge is 0.125 e. The average molecular weight is 292 g/mol. The van der Waals surface area contributed by atoms with Crippen LogP contribution in [0.4, 0.5) is 0 Å². The van der Waals surface area contributed by atoms with Crippen LogP contribution >= 0.6 is 12.4 Å². The second-order valence-electron chi connectivity index (χ2n) is 5.05. The van der Waals surface area contributed by atoms with Crippen LogP contribution in [-0.2, 0) is 6.61 Å². The predicted octanol–water partition coefficient (Wildman–Crippen LogP) is 4.32. The summed E-state index contributed by atoms with van der Waals surface area (Å²) in [6.45, 7) is 6.73. The van der Waals surface area contributed by atoms with Gasteiger partial charge < -0.3 is 10.5 Å². The molecule has 0 unspecified atom stereocenters. The highest BCUT2D eigenvalue weighted by Crippen LogP contribution is 2.27. The Kier molecular flexibility index (Phi) is 6.05. The highest BCUT2D eigenvalue weighted by Gasteiger charge is 2.09. The molecule has 2 nitrogen and oxygen atoms in total. The Morgan fingerprint density at radius 1 is 1.05 bits per heavy atom. The third kappa shape index (κ3) is 3.99. The lowest BCUT2D eigenvalue weighted by molar-refractivity contribution is 0.302. The van der Waals surface area contributed by atoms with Crippen LogP contribution in [0.1, 0.15) is 35.2 Å². The molecule has 0 aromatic heterocycles. The standard InChI is InChI=1S/C17H21NO.ClH/c1-12-9-16(14(3)18)10-13(2)17(12)19-11-15-7-5-4-6-8-15;/h4-10,14H,11,18H2,1-3H3;1H/t14-;/m1./s1. The lowest BCUT2D eigenvalue weighted by Crippen LogP contribution is -2.07. The number of hydrogen-bond acceptors (Lipinski definition) is 2. The fourth-order valence-corrected chi connectivity index (χ4v) is 2.20. The lowest BCUT2D eigenvalue weighted by atomic mass is 10.0. The van der Waals surface area contributed by atoms with E-state index in [1.165, 1.54) is 5.56 Å². The van der Waals surface area contributed by atoms with Gasteiger partial charge in [0.25, 0.3) is 0 Å². The molecule has 108 valence electrons. The fourth-order valence-electron chi connectivity index (χ4n) is 2.20. The van der Waals surface area contributed by atoms with Crippen LogP contribution in [0.5, 0.6) is 5.75 Å². The monoisotopic (exact) mass is 291 g/mol. The van der Waals surface area contributed by atoms with E-state index in [9.17, 15) is 0 Å². The molecule has 0 radical (unpaired) electrons. The largest absolute Gasteiger partial charge is 0.488 e. The molecule has 0 bridgehead atoms. The highest BCUT2D eigenvalue weighted by atomic mass is 35.5. The summed E-state index contributed by atoms with van der Waals surface area (Å²) in [5.41, 5.74) is 10.5. The van der Waals surface area contributed by atoms with E-state index >= 15 is 0 Å². The minimum atomic E-state index is 0. The van der Waals surface area contributed by atoms with Crippen LogP contribution in [0, 0.1) is 13.8 Å². The van der Waals surface area contributed by atoms with Gasteiger partial charge in [0.15, 0.2) is 0 Å². The average Bonchev–Trinajstić information content (AvgIpc) is 2.38. The van der Waals surface area contributed by atoms with Crippen molar-refractivity contribution in [2.75, 3.05) is 0 Å². The third-order valence-corrected chi connectivity index (χ3v) is 3.23. The van der Waals surface area contributed by atoms with E-state index in [4.69, 9.17) is 10.5 Å².